The number of anilines is 1. The predicted molar refractivity (Wildman–Crippen MR) is 92.6 cm³/mol. The Labute approximate surface area is 141 Å². The maximum absolute atomic E-state index is 12.7. The first-order chi connectivity index (χ1) is 11.5. The first-order valence-electron chi connectivity index (χ1n) is 7.86. The number of carbonyl (C=O) groups excluding carboxylic acids is 1. The summed E-state index contributed by atoms with van der Waals surface area (Å²) in [6.07, 6.45) is 0.987. The molecule has 2 aromatic rings. The molecule has 24 heavy (non-hydrogen) atoms. The molecule has 2 rings (SSSR count). The second kappa shape index (κ2) is 8.15. The highest BCUT2D eigenvalue weighted by Gasteiger charge is 2.20. The van der Waals surface area contributed by atoms with Crippen LogP contribution in [-0.4, -0.2) is 29.6 Å². The fraction of sp³-hybridized carbons (Fsp3) is 0.263. The number of hydrogen-bond donors (Lipinski definition) is 1. The van der Waals surface area contributed by atoms with Crippen molar-refractivity contribution in [2.45, 2.75) is 26.4 Å². The first-order valence-corrected chi connectivity index (χ1v) is 7.86. The molecule has 5 nitrogen and oxygen atoms in total. The minimum atomic E-state index is -1.07. The molecule has 0 aliphatic heterocycles. The minimum Gasteiger partial charge on any atom is -0.491 e. The molecule has 126 valence electrons. The monoisotopic (exact) mass is 327 g/mol. The van der Waals surface area contributed by atoms with Crippen molar-refractivity contribution < 1.29 is 19.4 Å². The van der Waals surface area contributed by atoms with Crippen LogP contribution in [0.25, 0.3) is 0 Å². The number of benzene rings is 2. The summed E-state index contributed by atoms with van der Waals surface area (Å²) in [5.41, 5.74) is 0.960. The Hall–Kier alpha value is -2.82. The van der Waals surface area contributed by atoms with Crippen LogP contribution in [-0.2, 0) is 4.79 Å². The Morgan fingerprint density at radius 1 is 1.08 bits per heavy atom. The van der Waals surface area contributed by atoms with Gasteiger partial charge in [0.15, 0.2) is 0 Å². The van der Waals surface area contributed by atoms with Crippen molar-refractivity contribution in [3.05, 3.63) is 60.2 Å². The number of carboxylic acid groups (broad SMARTS) is 1. The van der Waals surface area contributed by atoms with Crippen LogP contribution >= 0.6 is 0 Å². The Bertz CT molecular complexity index is 682. The smallest absolute Gasteiger partial charge is 0.323 e. The van der Waals surface area contributed by atoms with Gasteiger partial charge in [0.05, 0.1) is 6.10 Å². The van der Waals surface area contributed by atoms with Crippen LogP contribution in [0.4, 0.5) is 5.69 Å². The van der Waals surface area contributed by atoms with Gasteiger partial charge in [-0.25, -0.2) is 0 Å². The summed E-state index contributed by atoms with van der Waals surface area (Å²) in [5, 5.41) is 9.10. The summed E-state index contributed by atoms with van der Waals surface area (Å²) in [4.78, 5) is 25.0. The number of nitrogens with zero attached hydrogens (tertiary/aromatic N) is 1. The number of amides is 1. The molecule has 5 heteroatoms. The van der Waals surface area contributed by atoms with Crippen molar-refractivity contribution in [3.8, 4) is 5.75 Å². The fourth-order valence-corrected chi connectivity index (χ4v) is 2.17. The van der Waals surface area contributed by atoms with Crippen LogP contribution in [0.1, 0.15) is 30.6 Å². The number of carboxylic acids is 1. The third-order valence-electron chi connectivity index (χ3n) is 3.62. The zero-order valence-electron chi connectivity index (χ0n) is 13.8. The largest absolute Gasteiger partial charge is 0.491 e. The molecule has 1 unspecified atom stereocenters. The SMILES string of the molecule is CCC(C)Oc1ccc(C(=O)N(CC(=O)O)c2ccccc2)cc1. The van der Waals surface area contributed by atoms with Crippen LogP contribution < -0.4 is 9.64 Å². The van der Waals surface area contributed by atoms with Crippen molar-refractivity contribution in [1.82, 2.24) is 0 Å². The number of para-hydroxylation sites is 1. The third-order valence-corrected chi connectivity index (χ3v) is 3.62. The molecule has 0 heterocycles. The van der Waals surface area contributed by atoms with Gasteiger partial charge in [-0.3, -0.25) is 14.5 Å². The van der Waals surface area contributed by atoms with E-state index in [9.17, 15) is 9.59 Å². The zero-order chi connectivity index (χ0) is 17.5. The predicted octanol–water partition coefficient (Wildman–Crippen LogP) is 3.60. The Morgan fingerprint density at radius 2 is 1.71 bits per heavy atom. The van der Waals surface area contributed by atoms with E-state index in [1.165, 1.54) is 4.90 Å². The number of carbonyl (C=O) groups is 2. The van der Waals surface area contributed by atoms with Crippen LogP contribution in [0, 0.1) is 0 Å². The molecule has 1 amide bonds. The summed E-state index contributed by atoms with van der Waals surface area (Å²) in [5.74, 6) is -0.743. The van der Waals surface area contributed by atoms with Crippen molar-refractivity contribution in [1.29, 1.82) is 0 Å². The van der Waals surface area contributed by atoms with Crippen LogP contribution in [0.5, 0.6) is 5.75 Å². The van der Waals surface area contributed by atoms with E-state index in [4.69, 9.17) is 9.84 Å². The maximum Gasteiger partial charge on any atom is 0.323 e. The molecule has 0 aliphatic carbocycles. The molecular weight excluding hydrogens is 306 g/mol. The molecule has 0 saturated heterocycles. The topological polar surface area (TPSA) is 66.8 Å². The molecule has 1 atom stereocenters. The Kier molecular flexibility index (Phi) is 5.95. The molecule has 0 fully saturated rings. The van der Waals surface area contributed by atoms with Crippen molar-refractivity contribution in [2.24, 2.45) is 0 Å². The van der Waals surface area contributed by atoms with Crippen LogP contribution in [0.15, 0.2) is 54.6 Å². The molecular formula is C19H21NO4. The van der Waals surface area contributed by atoms with Crippen molar-refractivity contribution in [2.75, 3.05) is 11.4 Å². The van der Waals surface area contributed by atoms with Gasteiger partial charge in [-0.1, -0.05) is 25.1 Å². The molecule has 2 aromatic carbocycles. The zero-order valence-corrected chi connectivity index (χ0v) is 13.8. The van der Waals surface area contributed by atoms with Gasteiger partial charge in [-0.05, 0) is 49.7 Å². The van der Waals surface area contributed by atoms with Gasteiger partial charge in [-0.2, -0.15) is 0 Å². The van der Waals surface area contributed by atoms with Gasteiger partial charge in [0.25, 0.3) is 5.91 Å². The molecule has 0 aliphatic rings. The van der Waals surface area contributed by atoms with E-state index >= 15 is 0 Å². The Morgan fingerprint density at radius 3 is 2.25 bits per heavy atom. The van der Waals surface area contributed by atoms with E-state index in [1.54, 1.807) is 48.5 Å². The average molecular weight is 327 g/mol. The summed E-state index contributed by atoms with van der Waals surface area (Å²) < 4.78 is 5.69. The standard InChI is InChI=1S/C19H21NO4/c1-3-14(2)24-17-11-9-15(10-12-17)19(23)20(13-18(21)22)16-7-5-4-6-8-16/h4-12,14H,3,13H2,1-2H3,(H,21,22). The summed E-state index contributed by atoms with van der Waals surface area (Å²) in [7, 11) is 0. The fourth-order valence-electron chi connectivity index (χ4n) is 2.17. The van der Waals surface area contributed by atoms with E-state index < -0.39 is 12.5 Å². The summed E-state index contributed by atoms with van der Waals surface area (Å²) in [6.45, 7) is 3.61. The first kappa shape index (κ1) is 17.5. The molecule has 0 saturated carbocycles. The highest BCUT2D eigenvalue weighted by Crippen LogP contribution is 2.19. The van der Waals surface area contributed by atoms with Crippen LogP contribution in [0.3, 0.4) is 0 Å². The lowest BCUT2D eigenvalue weighted by Crippen LogP contribution is -2.35. The highest BCUT2D eigenvalue weighted by atomic mass is 16.5. The van der Waals surface area contributed by atoms with Gasteiger partial charge in [0.2, 0.25) is 0 Å². The van der Waals surface area contributed by atoms with E-state index in [0.29, 0.717) is 17.0 Å². The number of rotatable bonds is 7. The molecule has 0 radical (unpaired) electrons. The lowest BCUT2D eigenvalue weighted by molar-refractivity contribution is -0.135. The number of hydrogen-bond acceptors (Lipinski definition) is 3. The normalized spacial score (nSPS) is 11.6. The average Bonchev–Trinajstić information content (AvgIpc) is 2.60. The molecule has 0 aromatic heterocycles. The van der Waals surface area contributed by atoms with Gasteiger partial charge in [0, 0.05) is 11.3 Å². The van der Waals surface area contributed by atoms with Gasteiger partial charge < -0.3 is 9.84 Å². The lowest BCUT2D eigenvalue weighted by atomic mass is 10.1. The van der Waals surface area contributed by atoms with Gasteiger partial charge in [0.1, 0.15) is 12.3 Å². The summed E-state index contributed by atoms with van der Waals surface area (Å²) in [6, 6.07) is 15.5. The quantitative estimate of drug-likeness (QED) is 0.844. The highest BCUT2D eigenvalue weighted by molar-refractivity contribution is 6.08. The lowest BCUT2D eigenvalue weighted by Gasteiger charge is -2.21. The Balaban J connectivity index is 2.21. The van der Waals surface area contributed by atoms with E-state index in [-0.39, 0.29) is 12.0 Å². The second-order valence-electron chi connectivity index (χ2n) is 5.48. The van der Waals surface area contributed by atoms with Crippen LogP contribution in [0.2, 0.25) is 0 Å². The number of aliphatic carboxylic acids is 1. The number of ether oxygens (including phenoxy) is 1. The maximum atomic E-state index is 12.7. The van der Waals surface area contributed by atoms with Gasteiger partial charge >= 0.3 is 5.97 Å². The van der Waals surface area contributed by atoms with E-state index in [1.807, 2.05) is 19.9 Å². The summed E-state index contributed by atoms with van der Waals surface area (Å²) >= 11 is 0. The van der Waals surface area contributed by atoms with Crippen molar-refractivity contribution >= 4 is 17.6 Å². The van der Waals surface area contributed by atoms with E-state index in [0.717, 1.165) is 6.42 Å². The van der Waals surface area contributed by atoms with E-state index in [2.05, 4.69) is 0 Å². The molecule has 0 spiro atoms. The second-order valence-corrected chi connectivity index (χ2v) is 5.48. The minimum absolute atomic E-state index is 0.0966. The van der Waals surface area contributed by atoms with Gasteiger partial charge in [-0.15, -0.1) is 0 Å². The molecule has 1 N–H and O–H groups in total. The van der Waals surface area contributed by atoms with Crippen molar-refractivity contribution in [3.63, 3.8) is 0 Å². The third kappa shape index (κ3) is 4.59. The molecule has 0 bridgehead atoms.